The van der Waals surface area contributed by atoms with Crippen molar-refractivity contribution in [3.63, 3.8) is 0 Å². The molecule has 0 saturated carbocycles. The molecule has 0 spiro atoms. The SMILES string of the molecule is COCCCOc1c(OCc2ccccc2)cccc1C(C)C. The van der Waals surface area contributed by atoms with E-state index in [1.165, 1.54) is 5.56 Å². The normalized spacial score (nSPS) is 10.8. The molecule has 0 aliphatic heterocycles. The van der Waals surface area contributed by atoms with Crippen LogP contribution in [-0.4, -0.2) is 20.3 Å². The van der Waals surface area contributed by atoms with Crippen molar-refractivity contribution in [3.05, 3.63) is 59.7 Å². The Morgan fingerprint density at radius 3 is 2.35 bits per heavy atom. The molecular formula is C20H26O3. The molecule has 0 bridgehead atoms. The van der Waals surface area contributed by atoms with Crippen molar-refractivity contribution in [2.75, 3.05) is 20.3 Å². The van der Waals surface area contributed by atoms with Crippen LogP contribution in [0.5, 0.6) is 11.5 Å². The van der Waals surface area contributed by atoms with Crippen LogP contribution in [0.2, 0.25) is 0 Å². The monoisotopic (exact) mass is 314 g/mol. The van der Waals surface area contributed by atoms with Gasteiger partial charge in [-0.1, -0.05) is 56.3 Å². The number of hydrogen-bond acceptors (Lipinski definition) is 3. The first-order valence-electron chi connectivity index (χ1n) is 8.13. The predicted octanol–water partition coefficient (Wildman–Crippen LogP) is 4.80. The molecule has 0 unspecified atom stereocenters. The van der Waals surface area contributed by atoms with Crippen LogP contribution in [0, 0.1) is 0 Å². The maximum atomic E-state index is 6.02. The third-order valence-corrected chi connectivity index (χ3v) is 3.61. The zero-order chi connectivity index (χ0) is 16.5. The van der Waals surface area contributed by atoms with Crippen molar-refractivity contribution in [2.45, 2.75) is 32.8 Å². The van der Waals surface area contributed by atoms with E-state index in [1.807, 2.05) is 30.3 Å². The van der Waals surface area contributed by atoms with Crippen LogP contribution >= 0.6 is 0 Å². The van der Waals surface area contributed by atoms with Crippen LogP contribution in [0.3, 0.4) is 0 Å². The summed E-state index contributed by atoms with van der Waals surface area (Å²) in [4.78, 5) is 0. The van der Waals surface area contributed by atoms with Gasteiger partial charge >= 0.3 is 0 Å². The summed E-state index contributed by atoms with van der Waals surface area (Å²) in [5.41, 5.74) is 2.32. The Labute approximate surface area is 139 Å². The first-order valence-corrected chi connectivity index (χ1v) is 8.13. The highest BCUT2D eigenvalue weighted by Crippen LogP contribution is 2.36. The van der Waals surface area contributed by atoms with E-state index in [9.17, 15) is 0 Å². The summed E-state index contributed by atoms with van der Waals surface area (Å²) < 4.78 is 17.1. The van der Waals surface area contributed by atoms with Gasteiger partial charge in [0.15, 0.2) is 11.5 Å². The van der Waals surface area contributed by atoms with Crippen LogP contribution in [0.15, 0.2) is 48.5 Å². The number of methoxy groups -OCH3 is 1. The second kappa shape index (κ2) is 9.21. The lowest BCUT2D eigenvalue weighted by Crippen LogP contribution is -2.06. The average molecular weight is 314 g/mol. The fraction of sp³-hybridized carbons (Fsp3) is 0.400. The van der Waals surface area contributed by atoms with Gasteiger partial charge in [-0.15, -0.1) is 0 Å². The summed E-state index contributed by atoms with van der Waals surface area (Å²) in [7, 11) is 1.70. The second-order valence-electron chi connectivity index (χ2n) is 5.80. The molecular weight excluding hydrogens is 288 g/mol. The molecule has 2 rings (SSSR count). The Bertz CT molecular complexity index is 579. The van der Waals surface area contributed by atoms with Gasteiger partial charge in [0, 0.05) is 25.7 Å². The molecule has 0 fully saturated rings. The molecule has 0 aliphatic carbocycles. The van der Waals surface area contributed by atoms with Gasteiger partial charge in [0.25, 0.3) is 0 Å². The molecule has 0 radical (unpaired) electrons. The third-order valence-electron chi connectivity index (χ3n) is 3.61. The molecule has 3 heteroatoms. The Morgan fingerprint density at radius 2 is 1.65 bits per heavy atom. The van der Waals surface area contributed by atoms with Crippen molar-refractivity contribution >= 4 is 0 Å². The first kappa shape index (κ1) is 17.4. The van der Waals surface area contributed by atoms with Gasteiger partial charge in [-0.2, -0.15) is 0 Å². The molecule has 0 heterocycles. The van der Waals surface area contributed by atoms with Crippen LogP contribution in [0.1, 0.15) is 37.3 Å². The number of para-hydroxylation sites is 1. The van der Waals surface area contributed by atoms with Crippen LogP contribution < -0.4 is 9.47 Å². The Kier molecular flexibility index (Phi) is 6.95. The minimum Gasteiger partial charge on any atom is -0.489 e. The zero-order valence-corrected chi connectivity index (χ0v) is 14.2. The largest absolute Gasteiger partial charge is 0.489 e. The highest BCUT2D eigenvalue weighted by molar-refractivity contribution is 5.48. The number of benzene rings is 2. The summed E-state index contributed by atoms with van der Waals surface area (Å²) >= 11 is 0. The van der Waals surface area contributed by atoms with Gasteiger partial charge in [-0.25, -0.2) is 0 Å². The summed E-state index contributed by atoms with van der Waals surface area (Å²) in [5.74, 6) is 2.04. The van der Waals surface area contributed by atoms with Gasteiger partial charge in [-0.3, -0.25) is 0 Å². The summed E-state index contributed by atoms with van der Waals surface area (Å²) in [6.45, 7) is 6.19. The topological polar surface area (TPSA) is 27.7 Å². The van der Waals surface area contributed by atoms with E-state index in [2.05, 4.69) is 32.0 Å². The van der Waals surface area contributed by atoms with Gasteiger partial charge in [0.2, 0.25) is 0 Å². The maximum Gasteiger partial charge on any atom is 0.164 e. The Hall–Kier alpha value is -2.00. The molecule has 0 amide bonds. The average Bonchev–Trinajstić information content (AvgIpc) is 2.58. The smallest absolute Gasteiger partial charge is 0.164 e. The Balaban J connectivity index is 2.11. The number of hydrogen-bond donors (Lipinski definition) is 0. The van der Waals surface area contributed by atoms with Crippen molar-refractivity contribution in [1.82, 2.24) is 0 Å². The fourth-order valence-corrected chi connectivity index (χ4v) is 2.37. The van der Waals surface area contributed by atoms with Gasteiger partial charge in [0.1, 0.15) is 6.61 Å². The summed E-state index contributed by atoms with van der Waals surface area (Å²) in [6.07, 6.45) is 0.862. The maximum absolute atomic E-state index is 6.02. The second-order valence-corrected chi connectivity index (χ2v) is 5.80. The molecule has 3 nitrogen and oxygen atoms in total. The molecule has 124 valence electrons. The lowest BCUT2D eigenvalue weighted by Gasteiger charge is -2.18. The first-order chi connectivity index (χ1) is 11.2. The lowest BCUT2D eigenvalue weighted by molar-refractivity contribution is 0.169. The molecule has 0 N–H and O–H groups in total. The standard InChI is InChI=1S/C20H26O3/c1-16(2)18-11-7-12-19(20(18)22-14-8-13-21-3)23-15-17-9-5-4-6-10-17/h4-7,9-12,16H,8,13-15H2,1-3H3. The van der Waals surface area contributed by atoms with Crippen molar-refractivity contribution in [1.29, 1.82) is 0 Å². The molecule has 2 aromatic carbocycles. The van der Waals surface area contributed by atoms with E-state index < -0.39 is 0 Å². The minimum atomic E-state index is 0.382. The van der Waals surface area contributed by atoms with E-state index in [-0.39, 0.29) is 0 Å². The predicted molar refractivity (Wildman–Crippen MR) is 93.3 cm³/mol. The van der Waals surface area contributed by atoms with Gasteiger partial charge in [-0.05, 0) is 17.5 Å². The van der Waals surface area contributed by atoms with E-state index in [4.69, 9.17) is 14.2 Å². The highest BCUT2D eigenvalue weighted by Gasteiger charge is 2.14. The summed E-state index contributed by atoms with van der Waals surface area (Å²) in [5, 5.41) is 0. The van der Waals surface area contributed by atoms with E-state index in [0.717, 1.165) is 23.5 Å². The highest BCUT2D eigenvalue weighted by atomic mass is 16.5. The lowest BCUT2D eigenvalue weighted by atomic mass is 10.0. The fourth-order valence-electron chi connectivity index (χ4n) is 2.37. The quantitative estimate of drug-likeness (QED) is 0.622. The minimum absolute atomic E-state index is 0.382. The van der Waals surface area contributed by atoms with Crippen LogP contribution in [0.4, 0.5) is 0 Å². The Morgan fingerprint density at radius 1 is 0.870 bits per heavy atom. The molecule has 2 aromatic rings. The molecule has 0 aliphatic rings. The molecule has 0 aromatic heterocycles. The van der Waals surface area contributed by atoms with Crippen molar-refractivity contribution in [3.8, 4) is 11.5 Å². The molecule has 23 heavy (non-hydrogen) atoms. The van der Waals surface area contributed by atoms with Gasteiger partial charge < -0.3 is 14.2 Å². The van der Waals surface area contributed by atoms with Gasteiger partial charge in [0.05, 0.1) is 6.61 Å². The van der Waals surface area contributed by atoms with Crippen molar-refractivity contribution < 1.29 is 14.2 Å². The van der Waals surface area contributed by atoms with E-state index in [0.29, 0.717) is 25.7 Å². The third kappa shape index (κ3) is 5.29. The zero-order valence-electron chi connectivity index (χ0n) is 14.2. The van der Waals surface area contributed by atoms with E-state index in [1.54, 1.807) is 7.11 Å². The summed E-state index contributed by atoms with van der Waals surface area (Å²) in [6, 6.07) is 16.3. The molecule has 0 saturated heterocycles. The van der Waals surface area contributed by atoms with Crippen molar-refractivity contribution in [2.24, 2.45) is 0 Å². The number of ether oxygens (including phenoxy) is 3. The number of rotatable bonds is 9. The van der Waals surface area contributed by atoms with E-state index >= 15 is 0 Å². The van der Waals surface area contributed by atoms with Crippen LogP contribution in [0.25, 0.3) is 0 Å². The van der Waals surface area contributed by atoms with Crippen LogP contribution in [-0.2, 0) is 11.3 Å². The molecule has 0 atom stereocenters.